The van der Waals surface area contributed by atoms with Crippen molar-refractivity contribution in [3.63, 3.8) is 0 Å². The molecule has 0 aromatic heterocycles. The molecule has 1 saturated heterocycles. The lowest BCUT2D eigenvalue weighted by molar-refractivity contribution is -0.150. The lowest BCUT2D eigenvalue weighted by Gasteiger charge is -2.15. The SMILES string of the molecule is COC(=O)C(O)CCCN1CCCC1. The molecule has 1 heterocycles. The molecular weight excluding hydrogens is 182 g/mol. The van der Waals surface area contributed by atoms with Crippen LogP contribution in [0.25, 0.3) is 0 Å². The van der Waals surface area contributed by atoms with Crippen LogP contribution in [0.1, 0.15) is 25.7 Å². The van der Waals surface area contributed by atoms with E-state index in [9.17, 15) is 9.90 Å². The van der Waals surface area contributed by atoms with Gasteiger partial charge in [0.15, 0.2) is 6.10 Å². The van der Waals surface area contributed by atoms with E-state index >= 15 is 0 Å². The largest absolute Gasteiger partial charge is 0.467 e. The number of carbonyl (C=O) groups excluding carboxylic acids is 1. The Morgan fingerprint density at radius 3 is 2.71 bits per heavy atom. The van der Waals surface area contributed by atoms with E-state index < -0.39 is 12.1 Å². The minimum absolute atomic E-state index is 0.503. The van der Waals surface area contributed by atoms with Crippen molar-refractivity contribution in [2.75, 3.05) is 26.7 Å². The van der Waals surface area contributed by atoms with E-state index in [0.29, 0.717) is 6.42 Å². The Hall–Kier alpha value is -0.610. The molecule has 1 rings (SSSR count). The maximum atomic E-state index is 10.9. The van der Waals surface area contributed by atoms with Gasteiger partial charge in [-0.15, -0.1) is 0 Å². The summed E-state index contributed by atoms with van der Waals surface area (Å²) in [6, 6.07) is 0. The molecule has 4 nitrogen and oxygen atoms in total. The molecule has 1 atom stereocenters. The number of rotatable bonds is 5. The summed E-state index contributed by atoms with van der Waals surface area (Å²) < 4.78 is 4.43. The lowest BCUT2D eigenvalue weighted by atomic mass is 10.2. The third kappa shape index (κ3) is 3.64. The van der Waals surface area contributed by atoms with Crippen molar-refractivity contribution in [3.8, 4) is 0 Å². The topological polar surface area (TPSA) is 49.8 Å². The van der Waals surface area contributed by atoms with Crippen LogP contribution in [0.15, 0.2) is 0 Å². The summed E-state index contributed by atoms with van der Waals surface area (Å²) in [5.41, 5.74) is 0. The highest BCUT2D eigenvalue weighted by atomic mass is 16.5. The van der Waals surface area contributed by atoms with E-state index in [0.717, 1.165) is 26.1 Å². The number of ether oxygens (including phenoxy) is 1. The van der Waals surface area contributed by atoms with Crippen LogP contribution in [-0.2, 0) is 9.53 Å². The molecule has 4 heteroatoms. The molecule has 0 spiro atoms. The van der Waals surface area contributed by atoms with Gasteiger partial charge >= 0.3 is 5.97 Å². The van der Waals surface area contributed by atoms with Gasteiger partial charge in [0, 0.05) is 0 Å². The van der Waals surface area contributed by atoms with E-state index in [4.69, 9.17) is 0 Å². The summed E-state index contributed by atoms with van der Waals surface area (Å²) in [6.07, 6.45) is 2.97. The zero-order valence-corrected chi connectivity index (χ0v) is 8.74. The van der Waals surface area contributed by atoms with Crippen molar-refractivity contribution in [1.82, 2.24) is 4.90 Å². The predicted octanol–water partition coefficient (Wildman–Crippen LogP) is 0.396. The highest BCUT2D eigenvalue weighted by Crippen LogP contribution is 2.09. The first-order valence-corrected chi connectivity index (χ1v) is 5.22. The first-order valence-electron chi connectivity index (χ1n) is 5.22. The second kappa shape index (κ2) is 5.98. The minimum Gasteiger partial charge on any atom is -0.467 e. The fourth-order valence-corrected chi connectivity index (χ4v) is 1.77. The van der Waals surface area contributed by atoms with Gasteiger partial charge in [0.2, 0.25) is 0 Å². The molecule has 82 valence electrons. The molecule has 14 heavy (non-hydrogen) atoms. The summed E-state index contributed by atoms with van der Waals surface area (Å²) in [5, 5.41) is 9.30. The van der Waals surface area contributed by atoms with Crippen LogP contribution in [0.4, 0.5) is 0 Å². The Labute approximate surface area is 84.8 Å². The molecule has 0 bridgehead atoms. The highest BCUT2D eigenvalue weighted by Gasteiger charge is 2.16. The van der Waals surface area contributed by atoms with Crippen LogP contribution >= 0.6 is 0 Å². The molecule has 0 aromatic carbocycles. The molecule has 1 unspecified atom stereocenters. The fourth-order valence-electron chi connectivity index (χ4n) is 1.77. The molecule has 0 aliphatic carbocycles. The smallest absolute Gasteiger partial charge is 0.334 e. The molecule has 0 saturated carbocycles. The molecule has 1 aliphatic heterocycles. The summed E-state index contributed by atoms with van der Waals surface area (Å²) >= 11 is 0. The van der Waals surface area contributed by atoms with Crippen molar-refractivity contribution in [2.24, 2.45) is 0 Å². The van der Waals surface area contributed by atoms with Crippen LogP contribution < -0.4 is 0 Å². The third-order valence-electron chi connectivity index (χ3n) is 2.62. The van der Waals surface area contributed by atoms with Gasteiger partial charge in [-0.3, -0.25) is 0 Å². The van der Waals surface area contributed by atoms with E-state index in [1.807, 2.05) is 0 Å². The quantitative estimate of drug-likeness (QED) is 0.654. The van der Waals surface area contributed by atoms with E-state index in [-0.39, 0.29) is 0 Å². The predicted molar refractivity (Wildman–Crippen MR) is 52.9 cm³/mol. The number of likely N-dealkylation sites (tertiary alicyclic amines) is 1. The molecule has 0 radical (unpaired) electrons. The van der Waals surface area contributed by atoms with E-state index in [1.165, 1.54) is 20.0 Å². The van der Waals surface area contributed by atoms with Crippen LogP contribution in [0.5, 0.6) is 0 Å². The van der Waals surface area contributed by atoms with Crippen molar-refractivity contribution >= 4 is 5.97 Å². The molecule has 0 aromatic rings. The van der Waals surface area contributed by atoms with E-state index in [2.05, 4.69) is 9.64 Å². The third-order valence-corrected chi connectivity index (χ3v) is 2.62. The van der Waals surface area contributed by atoms with Gasteiger partial charge in [-0.25, -0.2) is 4.79 Å². The van der Waals surface area contributed by atoms with Gasteiger partial charge in [-0.1, -0.05) is 0 Å². The molecule has 1 aliphatic rings. The Kier molecular flexibility index (Phi) is 4.90. The van der Waals surface area contributed by atoms with E-state index in [1.54, 1.807) is 0 Å². The van der Waals surface area contributed by atoms with Crippen molar-refractivity contribution in [2.45, 2.75) is 31.8 Å². The molecule has 1 N–H and O–H groups in total. The van der Waals surface area contributed by atoms with Gasteiger partial charge in [0.25, 0.3) is 0 Å². The monoisotopic (exact) mass is 201 g/mol. The number of esters is 1. The number of nitrogens with zero attached hydrogens (tertiary/aromatic N) is 1. The zero-order chi connectivity index (χ0) is 10.4. The summed E-state index contributed by atoms with van der Waals surface area (Å²) in [6.45, 7) is 3.30. The lowest BCUT2D eigenvalue weighted by Crippen LogP contribution is -2.25. The van der Waals surface area contributed by atoms with Crippen molar-refractivity contribution in [3.05, 3.63) is 0 Å². The number of carbonyl (C=O) groups is 1. The molecule has 1 fully saturated rings. The van der Waals surface area contributed by atoms with Crippen LogP contribution in [0, 0.1) is 0 Å². The molecular formula is C10H19NO3. The summed E-state index contributed by atoms with van der Waals surface area (Å²) in [4.78, 5) is 13.2. The Balaban J connectivity index is 2.05. The number of aliphatic hydroxyl groups excluding tert-OH is 1. The maximum Gasteiger partial charge on any atom is 0.334 e. The Bertz CT molecular complexity index is 178. The first kappa shape index (κ1) is 11.5. The molecule has 0 amide bonds. The second-order valence-corrected chi connectivity index (χ2v) is 3.73. The van der Waals surface area contributed by atoms with Crippen LogP contribution in [0.2, 0.25) is 0 Å². The Morgan fingerprint density at radius 1 is 1.50 bits per heavy atom. The summed E-state index contributed by atoms with van der Waals surface area (Å²) in [7, 11) is 1.30. The normalized spacial score (nSPS) is 19.6. The van der Waals surface area contributed by atoms with Crippen LogP contribution in [-0.4, -0.2) is 48.8 Å². The van der Waals surface area contributed by atoms with Gasteiger partial charge in [-0.05, 0) is 45.3 Å². The minimum atomic E-state index is -0.942. The standard InChI is InChI=1S/C10H19NO3/c1-14-10(13)9(12)5-4-8-11-6-2-3-7-11/h9,12H,2-8H2,1H3. The van der Waals surface area contributed by atoms with Gasteiger partial charge < -0.3 is 14.7 Å². The Morgan fingerprint density at radius 2 is 2.14 bits per heavy atom. The number of hydrogen-bond donors (Lipinski definition) is 1. The number of aliphatic hydroxyl groups is 1. The zero-order valence-electron chi connectivity index (χ0n) is 8.74. The maximum absolute atomic E-state index is 10.9. The second-order valence-electron chi connectivity index (χ2n) is 3.73. The highest BCUT2D eigenvalue weighted by molar-refractivity contribution is 5.74. The average Bonchev–Trinajstić information content (AvgIpc) is 2.69. The first-order chi connectivity index (χ1) is 6.74. The van der Waals surface area contributed by atoms with Crippen LogP contribution in [0.3, 0.4) is 0 Å². The van der Waals surface area contributed by atoms with Crippen molar-refractivity contribution < 1.29 is 14.6 Å². The number of methoxy groups -OCH3 is 1. The average molecular weight is 201 g/mol. The van der Waals surface area contributed by atoms with Crippen molar-refractivity contribution in [1.29, 1.82) is 0 Å². The fraction of sp³-hybridized carbons (Fsp3) is 0.900. The van der Waals surface area contributed by atoms with Gasteiger partial charge in [-0.2, -0.15) is 0 Å². The number of hydrogen-bond acceptors (Lipinski definition) is 4. The summed E-state index contributed by atoms with van der Waals surface area (Å²) in [5.74, 6) is -0.522. The van der Waals surface area contributed by atoms with Gasteiger partial charge in [0.05, 0.1) is 7.11 Å². The van der Waals surface area contributed by atoms with Gasteiger partial charge in [0.1, 0.15) is 0 Å².